The molecule has 2 aliphatic heterocycles. The predicted molar refractivity (Wildman–Crippen MR) is 120 cm³/mol. The zero-order chi connectivity index (χ0) is 23.3. The molecule has 1 aromatic heterocycles. The summed E-state index contributed by atoms with van der Waals surface area (Å²) in [6.07, 6.45) is 1.28. The molecule has 4 rings (SSSR count). The number of benzene rings is 1. The van der Waals surface area contributed by atoms with Crippen molar-refractivity contribution in [3.63, 3.8) is 0 Å². The number of hydrogen-bond donors (Lipinski definition) is 0. The summed E-state index contributed by atoms with van der Waals surface area (Å²) in [4.78, 5) is 14.2. The van der Waals surface area contributed by atoms with E-state index in [4.69, 9.17) is 18.5 Å². The van der Waals surface area contributed by atoms with Gasteiger partial charge in [0, 0.05) is 12.1 Å². The van der Waals surface area contributed by atoms with Gasteiger partial charge in [0.25, 0.3) is 0 Å². The van der Waals surface area contributed by atoms with Crippen molar-refractivity contribution < 1.29 is 23.3 Å². The van der Waals surface area contributed by atoms with E-state index in [9.17, 15) is 4.79 Å². The fourth-order valence-corrected chi connectivity index (χ4v) is 3.81. The maximum absolute atomic E-state index is 12.6. The monoisotopic (exact) mass is 441 g/mol. The maximum atomic E-state index is 12.6. The Labute approximate surface area is 189 Å². The number of amides is 1. The molecule has 0 N–H and O–H groups in total. The van der Waals surface area contributed by atoms with Crippen LogP contribution in [0.4, 0.5) is 4.79 Å². The van der Waals surface area contributed by atoms with Gasteiger partial charge in [-0.1, -0.05) is 12.1 Å². The first-order valence-corrected chi connectivity index (χ1v) is 11.2. The molecule has 1 amide bonds. The molecule has 0 spiro atoms. The highest BCUT2D eigenvalue weighted by Crippen LogP contribution is 2.37. The highest BCUT2D eigenvalue weighted by molar-refractivity contribution is 6.62. The average molecular weight is 441 g/mol. The average Bonchev–Trinajstić information content (AvgIpc) is 3.38. The summed E-state index contributed by atoms with van der Waals surface area (Å²) in [6, 6.07) is 7.46. The summed E-state index contributed by atoms with van der Waals surface area (Å²) >= 11 is 0. The standard InChI is InChI=1S/C23H32BN3O5/c1-21(2,3)30-20(28)27-14-8-9-17(27)19-26-25-18(29-19)15-10-12-16(13-11-15)24-31-22(4,5)23(6,7)32-24/h10-13,17H,8-9,14H2,1-7H3/t17-/m0/s1. The van der Waals surface area contributed by atoms with E-state index >= 15 is 0 Å². The zero-order valence-corrected chi connectivity index (χ0v) is 20.0. The Morgan fingerprint density at radius 3 is 2.31 bits per heavy atom. The van der Waals surface area contributed by atoms with Gasteiger partial charge in [0.2, 0.25) is 11.8 Å². The second-order valence-electron chi connectivity index (χ2n) is 10.5. The van der Waals surface area contributed by atoms with Gasteiger partial charge in [-0.3, -0.25) is 4.90 Å². The van der Waals surface area contributed by atoms with Crippen molar-refractivity contribution in [2.75, 3.05) is 6.54 Å². The molecule has 3 heterocycles. The number of hydrogen-bond acceptors (Lipinski definition) is 7. The molecule has 0 unspecified atom stereocenters. The Morgan fingerprint density at radius 2 is 1.72 bits per heavy atom. The van der Waals surface area contributed by atoms with E-state index in [1.165, 1.54) is 0 Å². The molecule has 1 atom stereocenters. The van der Waals surface area contributed by atoms with Crippen LogP contribution >= 0.6 is 0 Å². The number of aromatic nitrogens is 2. The van der Waals surface area contributed by atoms with Gasteiger partial charge in [0.1, 0.15) is 11.6 Å². The summed E-state index contributed by atoms with van der Waals surface area (Å²) < 4.78 is 23.7. The van der Waals surface area contributed by atoms with Gasteiger partial charge in [-0.15, -0.1) is 10.2 Å². The molecule has 0 aliphatic carbocycles. The van der Waals surface area contributed by atoms with Crippen LogP contribution in [0.5, 0.6) is 0 Å². The molecule has 2 aliphatic rings. The smallest absolute Gasteiger partial charge is 0.444 e. The molecule has 0 radical (unpaired) electrons. The molecular weight excluding hydrogens is 409 g/mol. The van der Waals surface area contributed by atoms with E-state index in [1.54, 1.807) is 4.90 Å². The Bertz CT molecular complexity index is 964. The number of nitrogens with zero attached hydrogens (tertiary/aromatic N) is 3. The zero-order valence-electron chi connectivity index (χ0n) is 20.0. The largest absolute Gasteiger partial charge is 0.494 e. The first kappa shape index (κ1) is 22.8. The van der Waals surface area contributed by atoms with Gasteiger partial charge in [-0.25, -0.2) is 4.79 Å². The minimum atomic E-state index is -0.552. The van der Waals surface area contributed by atoms with Gasteiger partial charge >= 0.3 is 13.2 Å². The Kier molecular flexibility index (Phi) is 5.62. The van der Waals surface area contributed by atoms with Crippen LogP contribution in [0.15, 0.2) is 28.7 Å². The third-order valence-corrected chi connectivity index (χ3v) is 6.29. The lowest BCUT2D eigenvalue weighted by Crippen LogP contribution is -2.41. The molecule has 32 heavy (non-hydrogen) atoms. The van der Waals surface area contributed by atoms with Gasteiger partial charge in [0.15, 0.2) is 0 Å². The Hall–Kier alpha value is -2.39. The van der Waals surface area contributed by atoms with Crippen molar-refractivity contribution in [3.8, 4) is 11.5 Å². The molecular formula is C23H32BN3O5. The fraction of sp³-hybridized carbons (Fsp3) is 0.609. The van der Waals surface area contributed by atoms with Crippen LogP contribution in [0.3, 0.4) is 0 Å². The minimum Gasteiger partial charge on any atom is -0.444 e. The van der Waals surface area contributed by atoms with Crippen molar-refractivity contribution >= 4 is 18.7 Å². The van der Waals surface area contributed by atoms with Gasteiger partial charge in [-0.05, 0) is 78.9 Å². The number of carbonyl (C=O) groups is 1. The first-order chi connectivity index (χ1) is 14.9. The van der Waals surface area contributed by atoms with Crippen LogP contribution in [0.2, 0.25) is 0 Å². The number of ether oxygens (including phenoxy) is 1. The number of carbonyl (C=O) groups excluding carboxylic acids is 1. The molecule has 0 bridgehead atoms. The van der Waals surface area contributed by atoms with Crippen molar-refractivity contribution in [1.82, 2.24) is 15.1 Å². The summed E-state index contributed by atoms with van der Waals surface area (Å²) in [5, 5.41) is 8.44. The Morgan fingerprint density at radius 1 is 1.09 bits per heavy atom. The fourth-order valence-electron chi connectivity index (χ4n) is 3.81. The summed E-state index contributed by atoms with van der Waals surface area (Å²) in [5.41, 5.74) is 0.395. The van der Waals surface area contributed by atoms with Crippen LogP contribution in [0, 0.1) is 0 Å². The van der Waals surface area contributed by atoms with Crippen molar-refractivity contribution in [1.29, 1.82) is 0 Å². The lowest BCUT2D eigenvalue weighted by atomic mass is 9.79. The van der Waals surface area contributed by atoms with E-state index in [0.717, 1.165) is 23.9 Å². The molecule has 1 aromatic carbocycles. The van der Waals surface area contributed by atoms with Crippen LogP contribution in [0.1, 0.15) is 73.2 Å². The van der Waals surface area contributed by atoms with Crippen molar-refractivity contribution in [2.24, 2.45) is 0 Å². The first-order valence-electron chi connectivity index (χ1n) is 11.2. The summed E-state index contributed by atoms with van der Waals surface area (Å²) in [6.45, 7) is 14.3. The lowest BCUT2D eigenvalue weighted by Gasteiger charge is -2.32. The summed E-state index contributed by atoms with van der Waals surface area (Å²) in [7, 11) is -0.423. The minimum absolute atomic E-state index is 0.268. The molecule has 8 nitrogen and oxygen atoms in total. The SMILES string of the molecule is CC(C)(C)OC(=O)N1CCC[C@H]1c1nnc(-c2ccc(B3OC(C)(C)C(C)(C)O3)cc2)o1. The second-order valence-corrected chi connectivity index (χ2v) is 10.5. The van der Waals surface area contributed by atoms with E-state index in [-0.39, 0.29) is 23.3 Å². The highest BCUT2D eigenvalue weighted by atomic mass is 16.7. The van der Waals surface area contributed by atoms with E-state index in [0.29, 0.717) is 18.3 Å². The number of likely N-dealkylation sites (tertiary alicyclic amines) is 1. The quantitative estimate of drug-likeness (QED) is 0.663. The van der Waals surface area contributed by atoms with Crippen LogP contribution in [-0.4, -0.2) is 51.7 Å². The Balaban J connectivity index is 1.48. The van der Waals surface area contributed by atoms with Gasteiger partial charge in [-0.2, -0.15) is 0 Å². The molecule has 9 heteroatoms. The van der Waals surface area contributed by atoms with E-state index in [2.05, 4.69) is 10.2 Å². The highest BCUT2D eigenvalue weighted by Gasteiger charge is 2.51. The van der Waals surface area contributed by atoms with Gasteiger partial charge < -0.3 is 18.5 Å². The van der Waals surface area contributed by atoms with Crippen LogP contribution in [0.25, 0.3) is 11.5 Å². The number of rotatable bonds is 3. The van der Waals surface area contributed by atoms with E-state index < -0.39 is 12.7 Å². The molecule has 2 saturated heterocycles. The van der Waals surface area contributed by atoms with Gasteiger partial charge in [0.05, 0.1) is 11.2 Å². The topological polar surface area (TPSA) is 86.9 Å². The lowest BCUT2D eigenvalue weighted by molar-refractivity contribution is 0.00578. The van der Waals surface area contributed by atoms with Crippen molar-refractivity contribution in [2.45, 2.75) is 84.2 Å². The summed E-state index contributed by atoms with van der Waals surface area (Å²) in [5.74, 6) is 0.843. The maximum Gasteiger partial charge on any atom is 0.494 e. The molecule has 2 fully saturated rings. The predicted octanol–water partition coefficient (Wildman–Crippen LogP) is 4.11. The normalized spacial score (nSPS) is 22.4. The molecule has 2 aromatic rings. The third kappa shape index (κ3) is 4.41. The third-order valence-electron chi connectivity index (χ3n) is 6.29. The van der Waals surface area contributed by atoms with E-state index in [1.807, 2.05) is 72.7 Å². The van der Waals surface area contributed by atoms with Crippen LogP contribution in [-0.2, 0) is 14.0 Å². The van der Waals surface area contributed by atoms with Crippen molar-refractivity contribution in [3.05, 3.63) is 30.2 Å². The second kappa shape index (κ2) is 7.88. The molecule has 0 saturated carbocycles. The molecule has 172 valence electrons. The van der Waals surface area contributed by atoms with Crippen LogP contribution < -0.4 is 5.46 Å².